The van der Waals surface area contributed by atoms with E-state index in [0.717, 1.165) is 19.3 Å². The van der Waals surface area contributed by atoms with Crippen molar-refractivity contribution < 1.29 is 4.79 Å². The molecule has 3 N–H and O–H groups in total. The van der Waals surface area contributed by atoms with E-state index in [1.807, 2.05) is 6.08 Å². The van der Waals surface area contributed by atoms with Gasteiger partial charge in [0.1, 0.15) is 0 Å². The molecule has 0 bridgehead atoms. The highest BCUT2D eigenvalue weighted by atomic mass is 16.1. The molecule has 3 heteroatoms. The highest BCUT2D eigenvalue weighted by molar-refractivity contribution is 5.75. The Morgan fingerprint density at radius 2 is 2.12 bits per heavy atom. The lowest BCUT2D eigenvalue weighted by molar-refractivity contribution is -0.121. The maximum atomic E-state index is 11.5. The van der Waals surface area contributed by atoms with Crippen LogP contribution < -0.4 is 11.1 Å². The minimum atomic E-state index is 0.143. The van der Waals surface area contributed by atoms with Crippen LogP contribution in [-0.4, -0.2) is 19.0 Å². The number of amides is 1. The zero-order valence-electron chi connectivity index (χ0n) is 10.7. The second-order valence-corrected chi connectivity index (χ2v) is 4.55. The fourth-order valence-corrected chi connectivity index (χ4v) is 1.74. The molecule has 0 aliphatic heterocycles. The molecule has 0 heterocycles. The Kier molecular flexibility index (Phi) is 8.91. The number of nitrogens with one attached hydrogen (secondary N) is 1. The van der Waals surface area contributed by atoms with E-state index in [1.165, 1.54) is 0 Å². The molecule has 0 radical (unpaired) electrons. The van der Waals surface area contributed by atoms with Gasteiger partial charge in [0.05, 0.1) is 0 Å². The zero-order valence-corrected chi connectivity index (χ0v) is 10.7. The molecule has 3 nitrogen and oxygen atoms in total. The minimum Gasteiger partial charge on any atom is -0.356 e. The first kappa shape index (κ1) is 15.2. The van der Waals surface area contributed by atoms with Crippen LogP contribution in [0.1, 0.15) is 39.5 Å². The molecule has 0 aliphatic carbocycles. The van der Waals surface area contributed by atoms with Crippen LogP contribution in [0.2, 0.25) is 0 Å². The van der Waals surface area contributed by atoms with E-state index in [2.05, 4.69) is 25.7 Å². The van der Waals surface area contributed by atoms with E-state index < -0.39 is 0 Å². The van der Waals surface area contributed by atoms with Gasteiger partial charge in [-0.25, -0.2) is 0 Å². The van der Waals surface area contributed by atoms with E-state index in [4.69, 9.17) is 5.73 Å². The highest BCUT2D eigenvalue weighted by Crippen LogP contribution is 2.20. The molecule has 0 spiro atoms. The van der Waals surface area contributed by atoms with Gasteiger partial charge in [-0.15, -0.1) is 6.58 Å². The monoisotopic (exact) mass is 226 g/mol. The van der Waals surface area contributed by atoms with Crippen LogP contribution in [0.15, 0.2) is 12.7 Å². The Morgan fingerprint density at radius 3 is 2.62 bits per heavy atom. The first-order chi connectivity index (χ1) is 7.61. The molecule has 0 rings (SSSR count). The van der Waals surface area contributed by atoms with Crippen molar-refractivity contribution in [1.82, 2.24) is 5.32 Å². The van der Waals surface area contributed by atoms with E-state index in [1.54, 1.807) is 0 Å². The number of rotatable bonds is 9. The predicted molar refractivity (Wildman–Crippen MR) is 69.1 cm³/mol. The topological polar surface area (TPSA) is 55.1 Å². The smallest absolute Gasteiger partial charge is 0.220 e. The molecule has 1 atom stereocenters. The van der Waals surface area contributed by atoms with E-state index >= 15 is 0 Å². The SMILES string of the molecule is C=CCCNC(=O)CCC(CCN)C(C)C. The van der Waals surface area contributed by atoms with Crippen molar-refractivity contribution >= 4 is 5.91 Å². The third-order valence-electron chi connectivity index (χ3n) is 2.89. The first-order valence-electron chi connectivity index (χ1n) is 6.19. The summed E-state index contributed by atoms with van der Waals surface area (Å²) < 4.78 is 0. The number of carbonyl (C=O) groups is 1. The Labute approximate surface area is 99.5 Å². The lowest BCUT2D eigenvalue weighted by Crippen LogP contribution is -2.25. The molecule has 0 aliphatic rings. The summed E-state index contributed by atoms with van der Waals surface area (Å²) in [5, 5.41) is 2.88. The first-order valence-corrected chi connectivity index (χ1v) is 6.19. The van der Waals surface area contributed by atoms with Gasteiger partial charge >= 0.3 is 0 Å². The van der Waals surface area contributed by atoms with Crippen LogP contribution in [0.4, 0.5) is 0 Å². The molecule has 0 aromatic heterocycles. The predicted octanol–water partition coefficient (Wildman–Crippen LogP) is 2.08. The summed E-state index contributed by atoms with van der Waals surface area (Å²) >= 11 is 0. The van der Waals surface area contributed by atoms with Gasteiger partial charge in [0.2, 0.25) is 5.91 Å². The van der Waals surface area contributed by atoms with Crippen molar-refractivity contribution in [2.75, 3.05) is 13.1 Å². The number of hydrogen-bond acceptors (Lipinski definition) is 2. The highest BCUT2D eigenvalue weighted by Gasteiger charge is 2.13. The van der Waals surface area contributed by atoms with Crippen molar-refractivity contribution in [3.63, 3.8) is 0 Å². The van der Waals surface area contributed by atoms with Gasteiger partial charge in [0.25, 0.3) is 0 Å². The van der Waals surface area contributed by atoms with Crippen molar-refractivity contribution in [3.8, 4) is 0 Å². The molecule has 0 aromatic rings. The Hall–Kier alpha value is -0.830. The fourth-order valence-electron chi connectivity index (χ4n) is 1.74. The Balaban J connectivity index is 3.73. The van der Waals surface area contributed by atoms with Crippen molar-refractivity contribution in [3.05, 3.63) is 12.7 Å². The van der Waals surface area contributed by atoms with Gasteiger partial charge in [-0.3, -0.25) is 4.79 Å². The van der Waals surface area contributed by atoms with Crippen molar-refractivity contribution in [2.24, 2.45) is 17.6 Å². The van der Waals surface area contributed by atoms with Gasteiger partial charge in [0, 0.05) is 13.0 Å². The maximum Gasteiger partial charge on any atom is 0.220 e. The van der Waals surface area contributed by atoms with E-state index in [-0.39, 0.29) is 5.91 Å². The fraction of sp³-hybridized carbons (Fsp3) is 0.769. The molecule has 1 unspecified atom stereocenters. The summed E-state index contributed by atoms with van der Waals surface area (Å²) in [6, 6.07) is 0. The second-order valence-electron chi connectivity index (χ2n) is 4.55. The van der Waals surface area contributed by atoms with Gasteiger partial charge in [-0.2, -0.15) is 0 Å². The normalized spacial score (nSPS) is 12.5. The summed E-state index contributed by atoms with van der Waals surface area (Å²) in [7, 11) is 0. The Bertz CT molecular complexity index is 202. The third kappa shape index (κ3) is 7.46. The quantitative estimate of drug-likeness (QED) is 0.467. The zero-order chi connectivity index (χ0) is 12.4. The molecule has 0 saturated carbocycles. The lowest BCUT2D eigenvalue weighted by atomic mass is 9.88. The number of carbonyl (C=O) groups excluding carboxylic acids is 1. The second kappa shape index (κ2) is 9.40. The summed E-state index contributed by atoms with van der Waals surface area (Å²) in [5.74, 6) is 1.31. The van der Waals surface area contributed by atoms with Crippen LogP contribution in [-0.2, 0) is 4.79 Å². The average Bonchev–Trinajstić information content (AvgIpc) is 2.24. The van der Waals surface area contributed by atoms with Crippen LogP contribution in [0, 0.1) is 11.8 Å². The molecule has 0 aromatic carbocycles. The summed E-state index contributed by atoms with van der Waals surface area (Å²) in [6.07, 6.45) is 5.21. The molecule has 0 fully saturated rings. The van der Waals surface area contributed by atoms with Crippen molar-refractivity contribution in [1.29, 1.82) is 0 Å². The van der Waals surface area contributed by atoms with Gasteiger partial charge in [0.15, 0.2) is 0 Å². The standard InChI is InChI=1S/C13H26N2O/c1-4-5-10-15-13(16)7-6-12(8-9-14)11(2)3/h4,11-12H,1,5-10,14H2,2-3H3,(H,15,16). The molecule has 94 valence electrons. The van der Waals surface area contributed by atoms with Gasteiger partial charge < -0.3 is 11.1 Å². The summed E-state index contributed by atoms with van der Waals surface area (Å²) in [6.45, 7) is 9.40. The Morgan fingerprint density at radius 1 is 1.44 bits per heavy atom. The average molecular weight is 226 g/mol. The van der Waals surface area contributed by atoms with E-state index in [9.17, 15) is 4.79 Å². The summed E-state index contributed by atoms with van der Waals surface area (Å²) in [4.78, 5) is 11.5. The van der Waals surface area contributed by atoms with Crippen LogP contribution in [0.5, 0.6) is 0 Å². The third-order valence-corrected chi connectivity index (χ3v) is 2.89. The molecule has 1 amide bonds. The lowest BCUT2D eigenvalue weighted by Gasteiger charge is -2.19. The van der Waals surface area contributed by atoms with Gasteiger partial charge in [-0.05, 0) is 37.6 Å². The van der Waals surface area contributed by atoms with E-state index in [0.29, 0.717) is 31.3 Å². The van der Waals surface area contributed by atoms with Crippen LogP contribution in [0.3, 0.4) is 0 Å². The molecular formula is C13H26N2O. The maximum absolute atomic E-state index is 11.5. The molecule has 16 heavy (non-hydrogen) atoms. The van der Waals surface area contributed by atoms with Crippen LogP contribution in [0.25, 0.3) is 0 Å². The van der Waals surface area contributed by atoms with Crippen molar-refractivity contribution in [2.45, 2.75) is 39.5 Å². The van der Waals surface area contributed by atoms with Gasteiger partial charge in [-0.1, -0.05) is 19.9 Å². The summed E-state index contributed by atoms with van der Waals surface area (Å²) in [5.41, 5.74) is 5.56. The van der Waals surface area contributed by atoms with Crippen LogP contribution >= 0.6 is 0 Å². The largest absolute Gasteiger partial charge is 0.356 e. The molecule has 0 saturated heterocycles. The minimum absolute atomic E-state index is 0.143. The number of hydrogen-bond donors (Lipinski definition) is 2. The number of nitrogens with two attached hydrogens (primary N) is 1. The molecular weight excluding hydrogens is 200 g/mol.